The first-order chi connectivity index (χ1) is 16.5. The molecule has 1 aromatic heterocycles. The van der Waals surface area contributed by atoms with Crippen molar-refractivity contribution in [1.29, 1.82) is 0 Å². The molecule has 2 amide bonds. The summed E-state index contributed by atoms with van der Waals surface area (Å²) >= 11 is 0. The summed E-state index contributed by atoms with van der Waals surface area (Å²) in [7, 11) is 0. The van der Waals surface area contributed by atoms with Crippen LogP contribution in [-0.4, -0.2) is 42.5 Å². The number of nitrogens with zero attached hydrogens (tertiary/aromatic N) is 2. The fraction of sp³-hybridized carbons (Fsp3) is 0.346. The number of fused-ring (bicyclic) bond motifs is 5. The molecular formula is C26H23FN2O5. The molecule has 1 fully saturated rings. The van der Waals surface area contributed by atoms with Gasteiger partial charge < -0.3 is 19.0 Å². The van der Waals surface area contributed by atoms with E-state index in [1.54, 1.807) is 17.0 Å². The molecule has 0 aliphatic carbocycles. The smallest absolute Gasteiger partial charge is 0.291 e. The zero-order valence-corrected chi connectivity index (χ0v) is 18.7. The van der Waals surface area contributed by atoms with Crippen LogP contribution in [0.15, 0.2) is 51.7 Å². The minimum atomic E-state index is -1.68. The molecule has 7 nitrogen and oxygen atoms in total. The zero-order valence-electron chi connectivity index (χ0n) is 18.7. The number of halogens is 1. The quantitative estimate of drug-likeness (QED) is 0.592. The highest BCUT2D eigenvalue weighted by Crippen LogP contribution is 2.52. The van der Waals surface area contributed by atoms with Crippen molar-refractivity contribution in [1.82, 2.24) is 4.90 Å². The second-order valence-electron chi connectivity index (χ2n) is 9.01. The monoisotopic (exact) mass is 462 g/mol. The second-order valence-corrected chi connectivity index (χ2v) is 9.01. The Morgan fingerprint density at radius 1 is 1.15 bits per heavy atom. The fourth-order valence-corrected chi connectivity index (χ4v) is 5.65. The van der Waals surface area contributed by atoms with E-state index in [1.807, 2.05) is 19.1 Å². The maximum atomic E-state index is 14.3. The van der Waals surface area contributed by atoms with Gasteiger partial charge >= 0.3 is 0 Å². The molecule has 0 bridgehead atoms. The van der Waals surface area contributed by atoms with E-state index < -0.39 is 22.7 Å². The molecule has 3 aromatic rings. The summed E-state index contributed by atoms with van der Waals surface area (Å²) in [4.78, 5) is 45.0. The molecule has 1 saturated heterocycles. The molecule has 0 unspecified atom stereocenters. The molecular weight excluding hydrogens is 439 g/mol. The Morgan fingerprint density at radius 3 is 2.74 bits per heavy atom. The standard InChI is InChI=1S/C26H23FN2O5/c1-2-11-28-19-8-4-3-7-18(19)26(25(28)32)21-22(30)17-13-15(27)9-10-20(17)34-23(21)24(31)29(26)14-16-6-5-12-33-16/h3-4,7-10,13,16H,2,5-6,11-12,14H2,1H3/t16-,26-/m1/s1. The van der Waals surface area contributed by atoms with Crippen molar-refractivity contribution < 1.29 is 23.1 Å². The predicted octanol–water partition coefficient (Wildman–Crippen LogP) is 3.57. The van der Waals surface area contributed by atoms with Crippen molar-refractivity contribution >= 4 is 28.5 Å². The van der Waals surface area contributed by atoms with E-state index in [0.717, 1.165) is 18.9 Å². The zero-order chi connectivity index (χ0) is 23.6. The van der Waals surface area contributed by atoms with Gasteiger partial charge in [-0.3, -0.25) is 14.4 Å². The van der Waals surface area contributed by atoms with E-state index in [9.17, 15) is 18.8 Å². The Hall–Kier alpha value is -3.52. The van der Waals surface area contributed by atoms with Gasteiger partial charge in [-0.15, -0.1) is 0 Å². The van der Waals surface area contributed by atoms with Crippen LogP contribution in [0.5, 0.6) is 0 Å². The van der Waals surface area contributed by atoms with Gasteiger partial charge in [0.25, 0.3) is 11.8 Å². The Bertz CT molecular complexity index is 1410. The molecule has 8 heteroatoms. The molecule has 2 atom stereocenters. The van der Waals surface area contributed by atoms with Crippen molar-refractivity contribution in [2.24, 2.45) is 0 Å². The summed E-state index contributed by atoms with van der Waals surface area (Å²) in [6, 6.07) is 10.8. The van der Waals surface area contributed by atoms with E-state index in [1.165, 1.54) is 17.0 Å². The Labute approximate surface area is 194 Å². The summed E-state index contributed by atoms with van der Waals surface area (Å²) in [5, 5.41) is 0.00381. The summed E-state index contributed by atoms with van der Waals surface area (Å²) in [6.45, 7) is 3.12. The van der Waals surface area contributed by atoms with Crippen LogP contribution in [0.2, 0.25) is 0 Å². The number of carbonyl (C=O) groups is 2. The predicted molar refractivity (Wildman–Crippen MR) is 122 cm³/mol. The Balaban J connectivity index is 1.69. The van der Waals surface area contributed by atoms with E-state index in [0.29, 0.717) is 30.8 Å². The molecule has 34 heavy (non-hydrogen) atoms. The molecule has 3 aliphatic heterocycles. The van der Waals surface area contributed by atoms with Crippen LogP contribution in [0, 0.1) is 5.82 Å². The minimum absolute atomic E-state index is 0.00381. The summed E-state index contributed by atoms with van der Waals surface area (Å²) in [5.74, 6) is -1.66. The van der Waals surface area contributed by atoms with Crippen molar-refractivity contribution in [2.45, 2.75) is 37.8 Å². The van der Waals surface area contributed by atoms with Crippen LogP contribution in [0.3, 0.4) is 0 Å². The summed E-state index contributed by atoms with van der Waals surface area (Å²) < 4.78 is 25.8. The molecule has 0 N–H and O–H groups in total. The van der Waals surface area contributed by atoms with Gasteiger partial charge in [-0.1, -0.05) is 25.1 Å². The van der Waals surface area contributed by atoms with Crippen molar-refractivity contribution in [2.75, 3.05) is 24.6 Å². The number of rotatable bonds is 4. The van der Waals surface area contributed by atoms with Gasteiger partial charge in [0.05, 0.1) is 22.7 Å². The molecule has 174 valence electrons. The van der Waals surface area contributed by atoms with Crippen LogP contribution in [-0.2, 0) is 15.1 Å². The number of hydrogen-bond acceptors (Lipinski definition) is 5. The molecule has 4 heterocycles. The lowest BCUT2D eigenvalue weighted by atomic mass is 9.83. The normalized spacial score (nSPS) is 23.4. The highest BCUT2D eigenvalue weighted by molar-refractivity contribution is 6.17. The number of amides is 2. The fourth-order valence-electron chi connectivity index (χ4n) is 5.65. The number of anilines is 1. The maximum absolute atomic E-state index is 14.3. The van der Waals surface area contributed by atoms with Crippen LogP contribution < -0.4 is 10.3 Å². The molecule has 0 saturated carbocycles. The average Bonchev–Trinajstić information content (AvgIpc) is 3.50. The average molecular weight is 462 g/mol. The van der Waals surface area contributed by atoms with Gasteiger partial charge in [0.1, 0.15) is 11.4 Å². The van der Waals surface area contributed by atoms with Crippen LogP contribution >= 0.6 is 0 Å². The third-order valence-corrected chi connectivity index (χ3v) is 7.06. The first-order valence-corrected chi connectivity index (χ1v) is 11.6. The van der Waals surface area contributed by atoms with Gasteiger partial charge in [0, 0.05) is 25.3 Å². The highest BCUT2D eigenvalue weighted by Gasteiger charge is 2.65. The van der Waals surface area contributed by atoms with Crippen molar-refractivity contribution in [3.05, 3.63) is 75.4 Å². The van der Waals surface area contributed by atoms with E-state index in [4.69, 9.17) is 9.15 Å². The molecule has 0 radical (unpaired) electrons. The second kappa shape index (κ2) is 7.50. The van der Waals surface area contributed by atoms with Crippen LogP contribution in [0.4, 0.5) is 10.1 Å². The maximum Gasteiger partial charge on any atom is 0.291 e. The topological polar surface area (TPSA) is 80.1 Å². The Morgan fingerprint density at radius 2 is 1.97 bits per heavy atom. The van der Waals surface area contributed by atoms with Crippen molar-refractivity contribution in [3.8, 4) is 0 Å². The van der Waals surface area contributed by atoms with Crippen LogP contribution in [0.1, 0.15) is 47.9 Å². The molecule has 3 aliphatic rings. The lowest BCUT2D eigenvalue weighted by Gasteiger charge is -2.35. The number of ether oxygens (including phenoxy) is 1. The third kappa shape index (κ3) is 2.63. The van der Waals surface area contributed by atoms with Gasteiger partial charge in [0.2, 0.25) is 5.76 Å². The van der Waals surface area contributed by atoms with E-state index in [-0.39, 0.29) is 40.8 Å². The Kier molecular flexibility index (Phi) is 4.64. The SMILES string of the molecule is CCCN1C(=O)[C@@]2(c3ccccc31)c1c(oc3ccc(F)cc3c1=O)C(=O)N2C[C@H]1CCCO1. The highest BCUT2D eigenvalue weighted by atomic mass is 19.1. The number of hydrogen-bond donors (Lipinski definition) is 0. The first-order valence-electron chi connectivity index (χ1n) is 11.6. The summed E-state index contributed by atoms with van der Waals surface area (Å²) in [6.07, 6.45) is 2.05. The molecule has 1 spiro atoms. The van der Waals surface area contributed by atoms with E-state index >= 15 is 0 Å². The van der Waals surface area contributed by atoms with Gasteiger partial charge in [-0.2, -0.15) is 0 Å². The number of para-hydroxylation sites is 1. The lowest BCUT2D eigenvalue weighted by molar-refractivity contribution is -0.126. The number of carbonyl (C=O) groups excluding carboxylic acids is 2. The number of benzene rings is 2. The first kappa shape index (κ1) is 21.0. The lowest BCUT2D eigenvalue weighted by Crippen LogP contribution is -2.55. The van der Waals surface area contributed by atoms with Gasteiger partial charge in [0.15, 0.2) is 11.0 Å². The minimum Gasteiger partial charge on any atom is -0.450 e. The molecule has 6 rings (SSSR count). The van der Waals surface area contributed by atoms with Gasteiger partial charge in [-0.05, 0) is 43.5 Å². The van der Waals surface area contributed by atoms with Gasteiger partial charge in [-0.25, -0.2) is 4.39 Å². The molecule has 2 aromatic carbocycles. The largest absolute Gasteiger partial charge is 0.450 e. The van der Waals surface area contributed by atoms with Crippen LogP contribution in [0.25, 0.3) is 11.0 Å². The summed E-state index contributed by atoms with van der Waals surface area (Å²) in [5.41, 5.74) is -0.958. The van der Waals surface area contributed by atoms with Crippen molar-refractivity contribution in [3.63, 3.8) is 0 Å². The third-order valence-electron chi connectivity index (χ3n) is 7.06. The van der Waals surface area contributed by atoms with E-state index in [2.05, 4.69) is 0 Å².